The molecule has 0 aliphatic carbocycles. The molecule has 50 heavy (non-hydrogen) atoms. The maximum absolute atomic E-state index is 5.18. The Morgan fingerprint density at radius 3 is 1.56 bits per heavy atom. The van der Waals surface area contributed by atoms with Crippen LogP contribution in [0, 0.1) is 0 Å². The first-order valence-electron chi connectivity index (χ1n) is 16.8. The van der Waals surface area contributed by atoms with E-state index in [9.17, 15) is 0 Å². The summed E-state index contributed by atoms with van der Waals surface area (Å²) in [6.45, 7) is 0. The van der Waals surface area contributed by atoms with Crippen molar-refractivity contribution in [1.82, 2.24) is 24.5 Å². The summed E-state index contributed by atoms with van der Waals surface area (Å²) in [5.74, 6) is 1.89. The summed E-state index contributed by atoms with van der Waals surface area (Å²) in [5, 5.41) is 2.19. The lowest BCUT2D eigenvalue weighted by Crippen LogP contribution is -2.35. The van der Waals surface area contributed by atoms with Crippen LogP contribution in [0.5, 0.6) is 0 Å². The first-order chi connectivity index (χ1) is 24.8. The van der Waals surface area contributed by atoms with Gasteiger partial charge in [-0.05, 0) is 46.5 Å². The van der Waals surface area contributed by atoms with E-state index in [2.05, 4.69) is 113 Å². The zero-order valence-corrected chi connectivity index (χ0v) is 27.0. The van der Waals surface area contributed by atoms with Crippen LogP contribution < -0.4 is 0 Å². The second-order valence-electron chi connectivity index (χ2n) is 12.7. The second kappa shape index (κ2) is 11.2. The summed E-state index contributed by atoms with van der Waals surface area (Å²) in [4.78, 5) is 20.0. The molecule has 5 nitrogen and oxygen atoms in total. The van der Waals surface area contributed by atoms with Gasteiger partial charge in [-0.25, -0.2) is 15.0 Å². The van der Waals surface area contributed by atoms with Gasteiger partial charge in [-0.1, -0.05) is 140 Å². The van der Waals surface area contributed by atoms with Gasteiger partial charge in [0.15, 0.2) is 17.5 Å². The van der Waals surface area contributed by atoms with Crippen molar-refractivity contribution < 1.29 is 0 Å². The van der Waals surface area contributed by atoms with E-state index in [4.69, 9.17) is 15.0 Å². The number of para-hydroxylation sites is 1. The van der Waals surface area contributed by atoms with Gasteiger partial charge < -0.3 is 4.57 Å². The summed E-state index contributed by atoms with van der Waals surface area (Å²) in [6, 6.07) is 57.6. The molecule has 0 fully saturated rings. The summed E-state index contributed by atoms with van der Waals surface area (Å²) in [6.07, 6.45) is 3.87. The van der Waals surface area contributed by atoms with E-state index in [1.807, 2.05) is 73.1 Å². The fourth-order valence-electron chi connectivity index (χ4n) is 7.89. The monoisotopic (exact) mass is 639 g/mol. The number of hydrogen-bond acceptors (Lipinski definition) is 4. The SMILES string of the molecule is c1ccc(-c2nc(-c3ccccc3)nc(-c3cc4c5c(c3)c3cnccc3n5-c3ccccc3C4(c3ccccc3)c3ccccc3)n2)cc1. The largest absolute Gasteiger partial charge is 0.308 e. The van der Waals surface area contributed by atoms with Gasteiger partial charge in [-0.15, -0.1) is 0 Å². The predicted molar refractivity (Wildman–Crippen MR) is 200 cm³/mol. The molecular weight excluding hydrogens is 611 g/mol. The third-order valence-corrected chi connectivity index (χ3v) is 9.99. The van der Waals surface area contributed by atoms with Crippen LogP contribution in [0.1, 0.15) is 22.3 Å². The quantitative estimate of drug-likeness (QED) is 0.188. The van der Waals surface area contributed by atoms with E-state index in [-0.39, 0.29) is 0 Å². The minimum Gasteiger partial charge on any atom is -0.308 e. The molecule has 1 aliphatic heterocycles. The number of hydrogen-bond donors (Lipinski definition) is 0. The van der Waals surface area contributed by atoms with Crippen LogP contribution in [0.25, 0.3) is 61.7 Å². The van der Waals surface area contributed by atoms with Crippen LogP contribution in [0.4, 0.5) is 0 Å². The third-order valence-electron chi connectivity index (χ3n) is 9.99. The molecule has 0 bridgehead atoms. The van der Waals surface area contributed by atoms with E-state index < -0.39 is 5.41 Å². The van der Waals surface area contributed by atoms with E-state index in [1.54, 1.807) is 0 Å². The minimum atomic E-state index is -0.636. The van der Waals surface area contributed by atoms with Crippen LogP contribution in [0.15, 0.2) is 176 Å². The highest BCUT2D eigenvalue weighted by atomic mass is 15.0. The van der Waals surface area contributed by atoms with Gasteiger partial charge in [0, 0.05) is 39.9 Å². The maximum Gasteiger partial charge on any atom is 0.164 e. The van der Waals surface area contributed by atoms with Crippen LogP contribution in [0.2, 0.25) is 0 Å². The van der Waals surface area contributed by atoms with Crippen LogP contribution in [-0.4, -0.2) is 24.5 Å². The molecular formula is C45H29N5. The van der Waals surface area contributed by atoms with Crippen molar-refractivity contribution in [1.29, 1.82) is 0 Å². The summed E-state index contributed by atoms with van der Waals surface area (Å²) >= 11 is 0. The molecule has 0 saturated heterocycles. The lowest BCUT2D eigenvalue weighted by atomic mass is 9.63. The molecule has 5 heteroatoms. The van der Waals surface area contributed by atoms with E-state index in [1.165, 1.54) is 22.3 Å². The van der Waals surface area contributed by atoms with Crippen molar-refractivity contribution in [2.24, 2.45) is 0 Å². The average molecular weight is 640 g/mol. The van der Waals surface area contributed by atoms with Crippen LogP contribution >= 0.6 is 0 Å². The number of aromatic nitrogens is 5. The number of pyridine rings is 1. The third kappa shape index (κ3) is 4.13. The highest BCUT2D eigenvalue weighted by molar-refractivity contribution is 6.13. The molecule has 0 saturated carbocycles. The molecule has 0 unspecified atom stereocenters. The highest BCUT2D eigenvalue weighted by Gasteiger charge is 2.45. The van der Waals surface area contributed by atoms with E-state index in [0.29, 0.717) is 17.5 Å². The molecule has 0 N–H and O–H groups in total. The van der Waals surface area contributed by atoms with Crippen molar-refractivity contribution in [2.45, 2.75) is 5.41 Å². The van der Waals surface area contributed by atoms with Crippen LogP contribution in [0.3, 0.4) is 0 Å². The van der Waals surface area contributed by atoms with Gasteiger partial charge >= 0.3 is 0 Å². The van der Waals surface area contributed by atoms with Crippen molar-refractivity contribution in [3.05, 3.63) is 198 Å². The molecule has 0 spiro atoms. The topological polar surface area (TPSA) is 56.5 Å². The Morgan fingerprint density at radius 2 is 0.960 bits per heavy atom. The first-order valence-corrected chi connectivity index (χ1v) is 16.8. The fraction of sp³-hybridized carbons (Fsp3) is 0.0222. The molecule has 4 heterocycles. The Hall–Kier alpha value is -6.72. The lowest BCUT2D eigenvalue weighted by Gasteiger charge is -2.42. The molecule has 6 aromatic carbocycles. The van der Waals surface area contributed by atoms with Crippen LogP contribution in [-0.2, 0) is 5.41 Å². The van der Waals surface area contributed by atoms with Gasteiger partial charge in [0.1, 0.15) is 0 Å². The molecule has 0 radical (unpaired) electrons. The standard InChI is InChI=1S/C45H29N5/c1-5-15-30(16-6-1)42-47-43(31-17-7-2-8-18-31)49-44(48-42)32-27-35-36-29-46-26-25-39(36)50-40-24-14-13-23-37(40)45(38(28-32)41(35)50,33-19-9-3-10-20-33)34-21-11-4-12-22-34/h1-29H. The number of benzene rings is 6. The first kappa shape index (κ1) is 28.3. The summed E-state index contributed by atoms with van der Waals surface area (Å²) < 4.78 is 2.42. The fourth-order valence-corrected chi connectivity index (χ4v) is 7.89. The maximum atomic E-state index is 5.18. The normalized spacial score (nSPS) is 13.0. The second-order valence-corrected chi connectivity index (χ2v) is 12.7. The lowest BCUT2D eigenvalue weighted by molar-refractivity contribution is 0.728. The Labute approximate surface area is 289 Å². The van der Waals surface area contributed by atoms with E-state index >= 15 is 0 Å². The molecule has 10 rings (SSSR count). The number of rotatable bonds is 5. The molecule has 234 valence electrons. The Kier molecular flexibility index (Phi) is 6.33. The minimum absolute atomic E-state index is 0.620. The van der Waals surface area contributed by atoms with Crippen molar-refractivity contribution in [3.8, 4) is 39.9 Å². The number of fused-ring (bicyclic) bond motifs is 5. The molecule has 9 aromatic rings. The summed E-state index contributed by atoms with van der Waals surface area (Å²) in [5.41, 5.74) is 10.3. The van der Waals surface area contributed by atoms with Gasteiger partial charge in [0.25, 0.3) is 0 Å². The zero-order valence-electron chi connectivity index (χ0n) is 27.0. The van der Waals surface area contributed by atoms with Crippen molar-refractivity contribution in [3.63, 3.8) is 0 Å². The summed E-state index contributed by atoms with van der Waals surface area (Å²) in [7, 11) is 0. The number of nitrogens with zero attached hydrogens (tertiary/aromatic N) is 5. The predicted octanol–water partition coefficient (Wildman–Crippen LogP) is 10.1. The van der Waals surface area contributed by atoms with Gasteiger partial charge in [-0.2, -0.15) is 0 Å². The molecule has 1 aliphatic rings. The van der Waals surface area contributed by atoms with Gasteiger partial charge in [-0.3, -0.25) is 4.98 Å². The smallest absolute Gasteiger partial charge is 0.164 e. The average Bonchev–Trinajstić information content (AvgIpc) is 3.54. The molecule has 0 atom stereocenters. The van der Waals surface area contributed by atoms with Crippen molar-refractivity contribution in [2.75, 3.05) is 0 Å². The van der Waals surface area contributed by atoms with Crippen molar-refractivity contribution >= 4 is 21.8 Å². The highest BCUT2D eigenvalue weighted by Crippen LogP contribution is 2.54. The van der Waals surface area contributed by atoms with Gasteiger partial charge in [0.05, 0.1) is 22.1 Å². The Balaban J connectivity index is 1.37. The van der Waals surface area contributed by atoms with Gasteiger partial charge in [0.2, 0.25) is 0 Å². The zero-order chi connectivity index (χ0) is 33.1. The molecule has 3 aromatic heterocycles. The molecule has 0 amide bonds. The Bertz CT molecular complexity index is 2590. The van der Waals surface area contributed by atoms with E-state index in [0.717, 1.165) is 44.2 Å². The Morgan fingerprint density at radius 1 is 0.440 bits per heavy atom.